The highest BCUT2D eigenvalue weighted by Gasteiger charge is 2.29. The smallest absolute Gasteiger partial charge is 0.383 e. The van der Waals surface area contributed by atoms with Gasteiger partial charge in [0.2, 0.25) is 0 Å². The molecule has 1 aromatic heterocycles. The van der Waals surface area contributed by atoms with Crippen molar-refractivity contribution in [3.05, 3.63) is 59.8 Å². The molecule has 6 heteroatoms. The second kappa shape index (κ2) is 5.09. The number of hydrogen-bond acceptors (Lipinski definition) is 2. The Bertz CT molecular complexity index is 574. The van der Waals surface area contributed by atoms with Crippen LogP contribution in [-0.2, 0) is 6.18 Å². The first-order valence-electron chi connectivity index (χ1n) is 5.39. The number of amidine groups is 1. The van der Waals surface area contributed by atoms with E-state index in [0.29, 0.717) is 11.4 Å². The SMILES string of the molecule is N/C(=N\c1ccccn1)c1ccc(C(F)(F)F)cc1. The molecule has 0 atom stereocenters. The monoisotopic (exact) mass is 265 g/mol. The van der Waals surface area contributed by atoms with E-state index in [0.717, 1.165) is 12.1 Å². The third-order valence-electron chi connectivity index (χ3n) is 2.39. The number of halogens is 3. The maximum absolute atomic E-state index is 12.4. The molecule has 0 radical (unpaired) electrons. The first-order chi connectivity index (χ1) is 8.97. The molecule has 0 aliphatic carbocycles. The van der Waals surface area contributed by atoms with Crippen molar-refractivity contribution in [1.29, 1.82) is 0 Å². The van der Waals surface area contributed by atoms with E-state index in [-0.39, 0.29) is 5.84 Å². The molecule has 2 aromatic rings. The number of nitrogens with two attached hydrogens (primary N) is 1. The second-order valence-corrected chi connectivity index (χ2v) is 3.76. The van der Waals surface area contributed by atoms with Gasteiger partial charge in [0, 0.05) is 11.8 Å². The minimum atomic E-state index is -4.36. The highest BCUT2D eigenvalue weighted by atomic mass is 19.4. The van der Waals surface area contributed by atoms with Crippen LogP contribution in [0.4, 0.5) is 19.0 Å². The lowest BCUT2D eigenvalue weighted by atomic mass is 10.1. The van der Waals surface area contributed by atoms with Gasteiger partial charge in [-0.2, -0.15) is 13.2 Å². The van der Waals surface area contributed by atoms with Crippen LogP contribution in [0, 0.1) is 0 Å². The molecule has 0 aliphatic rings. The molecule has 98 valence electrons. The van der Waals surface area contributed by atoms with Crippen LogP contribution in [0.25, 0.3) is 0 Å². The summed E-state index contributed by atoms with van der Waals surface area (Å²) in [7, 11) is 0. The van der Waals surface area contributed by atoms with E-state index in [1.54, 1.807) is 24.4 Å². The van der Waals surface area contributed by atoms with Gasteiger partial charge < -0.3 is 5.73 Å². The summed E-state index contributed by atoms with van der Waals surface area (Å²) in [6.45, 7) is 0. The fourth-order valence-corrected chi connectivity index (χ4v) is 1.44. The van der Waals surface area contributed by atoms with Gasteiger partial charge in [-0.1, -0.05) is 18.2 Å². The van der Waals surface area contributed by atoms with Crippen LogP contribution in [-0.4, -0.2) is 10.8 Å². The summed E-state index contributed by atoms with van der Waals surface area (Å²) < 4.78 is 37.2. The van der Waals surface area contributed by atoms with Crippen molar-refractivity contribution in [3.8, 4) is 0 Å². The fourth-order valence-electron chi connectivity index (χ4n) is 1.44. The van der Waals surface area contributed by atoms with Gasteiger partial charge in [0.05, 0.1) is 5.56 Å². The van der Waals surface area contributed by atoms with E-state index in [4.69, 9.17) is 5.73 Å². The van der Waals surface area contributed by atoms with Crippen molar-refractivity contribution in [2.45, 2.75) is 6.18 Å². The Morgan fingerprint density at radius 1 is 1.05 bits per heavy atom. The highest BCUT2D eigenvalue weighted by molar-refractivity contribution is 5.98. The molecule has 2 rings (SSSR count). The van der Waals surface area contributed by atoms with Gasteiger partial charge >= 0.3 is 6.18 Å². The van der Waals surface area contributed by atoms with Crippen LogP contribution in [0.2, 0.25) is 0 Å². The van der Waals surface area contributed by atoms with E-state index in [2.05, 4.69) is 9.98 Å². The van der Waals surface area contributed by atoms with Crippen LogP contribution in [0.1, 0.15) is 11.1 Å². The Balaban J connectivity index is 2.25. The largest absolute Gasteiger partial charge is 0.416 e. The molecule has 19 heavy (non-hydrogen) atoms. The predicted molar refractivity (Wildman–Crippen MR) is 66.1 cm³/mol. The summed E-state index contributed by atoms with van der Waals surface area (Å²) in [5.41, 5.74) is 5.41. The summed E-state index contributed by atoms with van der Waals surface area (Å²) in [5.74, 6) is 0.521. The van der Waals surface area contributed by atoms with Crippen LogP contribution in [0.3, 0.4) is 0 Å². The summed E-state index contributed by atoms with van der Waals surface area (Å²) in [4.78, 5) is 7.98. The zero-order valence-corrected chi connectivity index (χ0v) is 9.72. The molecular weight excluding hydrogens is 255 g/mol. The van der Waals surface area contributed by atoms with E-state index in [9.17, 15) is 13.2 Å². The number of benzene rings is 1. The van der Waals surface area contributed by atoms with E-state index < -0.39 is 11.7 Å². The Hall–Kier alpha value is -2.37. The van der Waals surface area contributed by atoms with Gasteiger partial charge in [-0.25, -0.2) is 9.98 Å². The topological polar surface area (TPSA) is 51.3 Å². The summed E-state index contributed by atoms with van der Waals surface area (Å²) in [6, 6.07) is 9.62. The maximum atomic E-state index is 12.4. The zero-order chi connectivity index (χ0) is 13.9. The lowest BCUT2D eigenvalue weighted by molar-refractivity contribution is -0.137. The minimum Gasteiger partial charge on any atom is -0.383 e. The van der Waals surface area contributed by atoms with Crippen molar-refractivity contribution in [2.75, 3.05) is 0 Å². The lowest BCUT2D eigenvalue weighted by Crippen LogP contribution is -2.13. The summed E-state index contributed by atoms with van der Waals surface area (Å²) in [6.07, 6.45) is -2.80. The average molecular weight is 265 g/mol. The molecular formula is C13H10F3N3. The molecule has 0 saturated heterocycles. The standard InChI is InChI=1S/C13H10F3N3/c14-13(15,16)10-6-4-9(5-7-10)12(17)19-11-3-1-2-8-18-11/h1-8H,(H2,17,18,19). The molecule has 0 aliphatic heterocycles. The maximum Gasteiger partial charge on any atom is 0.416 e. The number of aliphatic imine (C=N–C) groups is 1. The molecule has 0 bridgehead atoms. The van der Waals surface area contributed by atoms with Gasteiger partial charge in [-0.05, 0) is 24.3 Å². The van der Waals surface area contributed by atoms with Crippen molar-refractivity contribution >= 4 is 11.7 Å². The molecule has 0 spiro atoms. The zero-order valence-electron chi connectivity index (χ0n) is 9.72. The van der Waals surface area contributed by atoms with Gasteiger partial charge in [-0.15, -0.1) is 0 Å². The third kappa shape index (κ3) is 3.31. The quantitative estimate of drug-likeness (QED) is 0.670. The number of pyridine rings is 1. The number of hydrogen-bond donors (Lipinski definition) is 1. The van der Waals surface area contributed by atoms with Crippen molar-refractivity contribution in [1.82, 2.24) is 4.98 Å². The first-order valence-corrected chi connectivity index (χ1v) is 5.39. The van der Waals surface area contributed by atoms with Crippen LogP contribution in [0.15, 0.2) is 53.7 Å². The average Bonchev–Trinajstić information content (AvgIpc) is 2.39. The molecule has 2 N–H and O–H groups in total. The summed E-state index contributed by atoms with van der Waals surface area (Å²) in [5, 5.41) is 0. The third-order valence-corrected chi connectivity index (χ3v) is 2.39. The van der Waals surface area contributed by atoms with E-state index in [1.165, 1.54) is 12.1 Å². The normalized spacial score (nSPS) is 12.5. The minimum absolute atomic E-state index is 0.118. The van der Waals surface area contributed by atoms with Crippen molar-refractivity contribution in [2.24, 2.45) is 10.7 Å². The number of rotatable bonds is 2. The Morgan fingerprint density at radius 3 is 2.26 bits per heavy atom. The van der Waals surface area contributed by atoms with E-state index in [1.807, 2.05) is 0 Å². The summed E-state index contributed by atoms with van der Waals surface area (Å²) >= 11 is 0. The number of aromatic nitrogens is 1. The van der Waals surface area contributed by atoms with Crippen LogP contribution >= 0.6 is 0 Å². The highest BCUT2D eigenvalue weighted by Crippen LogP contribution is 2.29. The van der Waals surface area contributed by atoms with Crippen LogP contribution < -0.4 is 5.73 Å². The predicted octanol–water partition coefficient (Wildman–Crippen LogP) is 3.14. The molecule has 0 saturated carbocycles. The second-order valence-electron chi connectivity index (χ2n) is 3.76. The molecule has 1 aromatic carbocycles. The number of alkyl halides is 3. The van der Waals surface area contributed by atoms with E-state index >= 15 is 0 Å². The van der Waals surface area contributed by atoms with Gasteiger partial charge in [-0.3, -0.25) is 0 Å². The lowest BCUT2D eigenvalue weighted by Gasteiger charge is -2.07. The van der Waals surface area contributed by atoms with Gasteiger partial charge in [0.1, 0.15) is 5.84 Å². The van der Waals surface area contributed by atoms with Crippen molar-refractivity contribution in [3.63, 3.8) is 0 Å². The molecule has 3 nitrogen and oxygen atoms in total. The molecule has 0 fully saturated rings. The number of nitrogens with zero attached hydrogens (tertiary/aromatic N) is 2. The Labute approximate surface area is 107 Å². The first kappa shape index (κ1) is 13.1. The van der Waals surface area contributed by atoms with Gasteiger partial charge in [0.25, 0.3) is 0 Å². The molecule has 0 amide bonds. The molecule has 1 heterocycles. The molecule has 0 unspecified atom stereocenters. The Kier molecular flexibility index (Phi) is 3.50. The van der Waals surface area contributed by atoms with Crippen LogP contribution in [0.5, 0.6) is 0 Å². The van der Waals surface area contributed by atoms with Gasteiger partial charge in [0.15, 0.2) is 5.82 Å². The fraction of sp³-hybridized carbons (Fsp3) is 0.0769. The van der Waals surface area contributed by atoms with Crippen molar-refractivity contribution < 1.29 is 13.2 Å². The Morgan fingerprint density at radius 2 is 1.74 bits per heavy atom.